The number of unbranched alkanes of at least 4 members (excludes halogenated alkanes) is 12. The lowest BCUT2D eigenvalue weighted by Crippen LogP contribution is -2.37. The highest BCUT2D eigenvalue weighted by molar-refractivity contribution is 5.59. The van der Waals surface area contributed by atoms with Gasteiger partial charge in [-0.3, -0.25) is 9.30 Å². The second-order valence-corrected chi connectivity index (χ2v) is 11.7. The number of aromatic nitrogens is 4. The van der Waals surface area contributed by atoms with Crippen LogP contribution in [0.5, 0.6) is 0 Å². The first-order valence-corrected chi connectivity index (χ1v) is 16.3. The van der Waals surface area contributed by atoms with Gasteiger partial charge in [-0.05, 0) is 31.0 Å². The largest absolute Gasteiger partial charge is 0.355 e. The van der Waals surface area contributed by atoms with Crippen LogP contribution in [-0.2, 0) is 0 Å². The Balaban J connectivity index is 1.19. The summed E-state index contributed by atoms with van der Waals surface area (Å²) in [5.74, 6) is 1.48. The fourth-order valence-corrected chi connectivity index (χ4v) is 6.02. The predicted octanol–water partition coefficient (Wildman–Crippen LogP) is 7.55. The Morgan fingerprint density at radius 1 is 0.810 bits per heavy atom. The third kappa shape index (κ3) is 9.26. The van der Waals surface area contributed by atoms with Crippen LogP contribution in [0.3, 0.4) is 0 Å². The summed E-state index contributed by atoms with van der Waals surface area (Å²) in [7, 11) is 0. The summed E-state index contributed by atoms with van der Waals surface area (Å²) < 4.78 is 1.87. The molecule has 3 aromatic rings. The molecule has 0 amide bonds. The molecule has 4 heterocycles. The molecule has 0 spiro atoms. The van der Waals surface area contributed by atoms with Gasteiger partial charge in [0.1, 0.15) is 23.2 Å². The van der Waals surface area contributed by atoms with E-state index in [1.807, 2.05) is 16.5 Å². The van der Waals surface area contributed by atoms with Crippen molar-refractivity contribution in [2.75, 3.05) is 31.1 Å². The van der Waals surface area contributed by atoms with Crippen molar-refractivity contribution in [2.45, 2.75) is 109 Å². The minimum Gasteiger partial charge on any atom is -0.355 e. The molecular weight excluding hydrogens is 520 g/mol. The van der Waals surface area contributed by atoms with E-state index in [1.165, 1.54) is 77.0 Å². The average molecular weight is 569 g/mol. The molecule has 1 fully saturated rings. The fourth-order valence-electron chi connectivity index (χ4n) is 6.02. The first-order valence-electron chi connectivity index (χ1n) is 16.3. The summed E-state index contributed by atoms with van der Waals surface area (Å²) in [5, 5.41) is 19.3. The summed E-state index contributed by atoms with van der Waals surface area (Å²) in [4.78, 5) is 18.5. The van der Waals surface area contributed by atoms with Crippen molar-refractivity contribution in [3.05, 3.63) is 42.4 Å². The number of rotatable bonds is 17. The van der Waals surface area contributed by atoms with E-state index in [4.69, 9.17) is 4.98 Å². The van der Waals surface area contributed by atoms with E-state index in [9.17, 15) is 10.5 Å². The van der Waals surface area contributed by atoms with Gasteiger partial charge in [0.15, 0.2) is 5.82 Å². The molecule has 42 heavy (non-hydrogen) atoms. The number of pyridine rings is 1. The van der Waals surface area contributed by atoms with E-state index in [0.29, 0.717) is 11.4 Å². The summed E-state index contributed by atoms with van der Waals surface area (Å²) in [6.07, 6.45) is 24.8. The van der Waals surface area contributed by atoms with E-state index < -0.39 is 0 Å². The zero-order valence-corrected chi connectivity index (χ0v) is 25.6. The van der Waals surface area contributed by atoms with E-state index in [2.05, 4.69) is 38.8 Å². The maximum Gasteiger partial charge on any atom is 0.180 e. The smallest absolute Gasteiger partial charge is 0.180 e. The Morgan fingerprint density at radius 2 is 1.52 bits per heavy atom. The molecule has 1 aliphatic heterocycles. The van der Waals surface area contributed by atoms with Gasteiger partial charge in [-0.2, -0.15) is 10.5 Å². The molecule has 1 unspecified atom stereocenters. The Morgan fingerprint density at radius 3 is 2.21 bits per heavy atom. The lowest BCUT2D eigenvalue weighted by atomic mass is 10.0. The molecule has 1 atom stereocenters. The Kier molecular flexibility index (Phi) is 13.1. The Hall–Kier alpha value is -3.49. The normalized spacial score (nSPS) is 14.9. The van der Waals surface area contributed by atoms with Crippen LogP contribution in [0.2, 0.25) is 0 Å². The molecular formula is C34H48N8. The SMILES string of the molecule is CCCCCCCCCCCCCCCC(C#N)N1CCCN(c2ccnc(-c3cnc4ccc(C#N)cn34)n2)CC1. The van der Waals surface area contributed by atoms with Crippen LogP contribution in [0.4, 0.5) is 5.82 Å². The van der Waals surface area contributed by atoms with Crippen LogP contribution >= 0.6 is 0 Å². The van der Waals surface area contributed by atoms with Crippen molar-refractivity contribution in [2.24, 2.45) is 0 Å². The first kappa shape index (κ1) is 31.4. The average Bonchev–Trinajstić information content (AvgIpc) is 3.29. The Bertz CT molecular complexity index is 1300. The maximum atomic E-state index is 9.96. The minimum absolute atomic E-state index is 0.00824. The molecule has 0 radical (unpaired) electrons. The quantitative estimate of drug-likeness (QED) is 0.155. The zero-order chi connectivity index (χ0) is 29.4. The van der Waals surface area contributed by atoms with Crippen molar-refractivity contribution >= 4 is 11.5 Å². The van der Waals surface area contributed by atoms with Gasteiger partial charge >= 0.3 is 0 Å². The molecule has 0 saturated carbocycles. The number of fused-ring (bicyclic) bond motifs is 1. The molecule has 8 nitrogen and oxygen atoms in total. The van der Waals surface area contributed by atoms with Crippen LogP contribution in [0.1, 0.15) is 109 Å². The number of nitrogens with zero attached hydrogens (tertiary/aromatic N) is 8. The molecule has 0 bridgehead atoms. The highest BCUT2D eigenvalue weighted by Gasteiger charge is 2.23. The van der Waals surface area contributed by atoms with Crippen molar-refractivity contribution in [3.8, 4) is 23.7 Å². The lowest BCUT2D eigenvalue weighted by molar-refractivity contribution is 0.236. The highest BCUT2D eigenvalue weighted by atomic mass is 15.3. The van der Waals surface area contributed by atoms with Crippen LogP contribution in [0.15, 0.2) is 36.8 Å². The van der Waals surface area contributed by atoms with Crippen LogP contribution in [0.25, 0.3) is 17.2 Å². The van der Waals surface area contributed by atoms with Crippen molar-refractivity contribution in [3.63, 3.8) is 0 Å². The van der Waals surface area contributed by atoms with E-state index in [0.717, 1.165) is 62.6 Å². The van der Waals surface area contributed by atoms with Crippen LogP contribution in [0, 0.1) is 22.7 Å². The lowest BCUT2D eigenvalue weighted by Gasteiger charge is -2.26. The van der Waals surface area contributed by atoms with E-state index in [1.54, 1.807) is 24.7 Å². The van der Waals surface area contributed by atoms with Gasteiger partial charge in [-0.25, -0.2) is 15.0 Å². The molecule has 1 aliphatic rings. The van der Waals surface area contributed by atoms with E-state index in [-0.39, 0.29) is 6.04 Å². The van der Waals surface area contributed by atoms with Gasteiger partial charge in [0, 0.05) is 38.6 Å². The summed E-state index contributed by atoms with van der Waals surface area (Å²) in [6.45, 7) is 5.81. The van der Waals surface area contributed by atoms with Gasteiger partial charge in [0.05, 0.1) is 23.9 Å². The fraction of sp³-hybridized carbons (Fsp3) is 0.618. The van der Waals surface area contributed by atoms with E-state index >= 15 is 0 Å². The van der Waals surface area contributed by atoms with Gasteiger partial charge in [0.2, 0.25) is 0 Å². The maximum absolute atomic E-state index is 9.96. The minimum atomic E-state index is -0.00824. The molecule has 8 heteroatoms. The van der Waals surface area contributed by atoms with Crippen LogP contribution < -0.4 is 4.90 Å². The number of anilines is 1. The molecule has 0 aliphatic carbocycles. The Labute approximate surface area is 252 Å². The third-order valence-electron chi connectivity index (χ3n) is 8.53. The molecule has 1 saturated heterocycles. The van der Waals surface area contributed by atoms with Crippen molar-refractivity contribution in [1.82, 2.24) is 24.3 Å². The molecule has 4 rings (SSSR count). The number of hydrogen-bond acceptors (Lipinski definition) is 7. The van der Waals surface area contributed by atoms with Gasteiger partial charge < -0.3 is 4.90 Å². The number of imidazole rings is 1. The second kappa shape index (κ2) is 17.5. The van der Waals surface area contributed by atoms with Crippen molar-refractivity contribution < 1.29 is 0 Å². The standard InChI is InChI=1S/C34H48N8/c1-2-3-4-5-6-7-8-9-10-11-12-13-14-16-30(26-36)40-21-15-22-41(24-23-40)33-19-20-37-34(39-33)31-27-38-32-18-17-29(25-35)28-42(31)32/h17-20,27-28,30H,2-16,21-24H2,1H3. The molecule has 0 aromatic carbocycles. The van der Waals surface area contributed by atoms with Gasteiger partial charge in [-0.15, -0.1) is 0 Å². The zero-order valence-electron chi connectivity index (χ0n) is 25.6. The predicted molar refractivity (Wildman–Crippen MR) is 169 cm³/mol. The number of hydrogen-bond donors (Lipinski definition) is 0. The summed E-state index contributed by atoms with van der Waals surface area (Å²) in [6, 6.07) is 10.3. The summed E-state index contributed by atoms with van der Waals surface area (Å²) in [5.41, 5.74) is 2.09. The number of nitriles is 2. The third-order valence-corrected chi connectivity index (χ3v) is 8.53. The first-order chi connectivity index (χ1) is 20.7. The molecule has 0 N–H and O–H groups in total. The summed E-state index contributed by atoms with van der Waals surface area (Å²) >= 11 is 0. The van der Waals surface area contributed by atoms with Crippen molar-refractivity contribution in [1.29, 1.82) is 10.5 Å². The monoisotopic (exact) mass is 568 g/mol. The molecule has 3 aromatic heterocycles. The van der Waals surface area contributed by atoms with Crippen LogP contribution in [-0.4, -0.2) is 56.5 Å². The molecule has 224 valence electrons. The second-order valence-electron chi connectivity index (χ2n) is 11.7. The topological polar surface area (TPSA) is 97.1 Å². The highest BCUT2D eigenvalue weighted by Crippen LogP contribution is 2.22. The van der Waals surface area contributed by atoms with Gasteiger partial charge in [-0.1, -0.05) is 90.4 Å². The van der Waals surface area contributed by atoms with Gasteiger partial charge in [0.25, 0.3) is 0 Å².